The number of nitrogens with zero attached hydrogens (tertiary/aromatic N) is 1. The zero-order valence-electron chi connectivity index (χ0n) is 13.6. The first-order valence-corrected chi connectivity index (χ1v) is 8.66. The molecule has 1 saturated heterocycles. The van der Waals surface area contributed by atoms with Crippen molar-refractivity contribution in [3.05, 3.63) is 24.2 Å². The minimum Gasteiger partial charge on any atom is -0.469 e. The van der Waals surface area contributed by atoms with Crippen LogP contribution in [0.25, 0.3) is 0 Å². The second-order valence-corrected chi connectivity index (χ2v) is 7.73. The van der Waals surface area contributed by atoms with Gasteiger partial charge in [-0.2, -0.15) is 0 Å². The van der Waals surface area contributed by atoms with Crippen LogP contribution in [0.4, 0.5) is 0 Å². The van der Waals surface area contributed by atoms with Crippen LogP contribution in [-0.2, 0) is 16.0 Å². The highest BCUT2D eigenvalue weighted by atomic mass is 32.2. The van der Waals surface area contributed by atoms with Crippen molar-refractivity contribution in [2.75, 3.05) is 11.6 Å². The lowest BCUT2D eigenvalue weighted by Gasteiger charge is -2.30. The summed E-state index contributed by atoms with van der Waals surface area (Å²) in [5.74, 6) is 2.02. The first-order chi connectivity index (χ1) is 10.3. The fourth-order valence-corrected chi connectivity index (χ4v) is 3.57. The van der Waals surface area contributed by atoms with Crippen LogP contribution in [0.3, 0.4) is 0 Å². The smallest absolute Gasteiger partial charge is 0.243 e. The predicted molar refractivity (Wildman–Crippen MR) is 87.4 cm³/mol. The van der Waals surface area contributed by atoms with Gasteiger partial charge in [0, 0.05) is 23.6 Å². The molecule has 0 unspecified atom stereocenters. The van der Waals surface area contributed by atoms with Crippen LogP contribution in [-0.4, -0.2) is 40.4 Å². The monoisotopic (exact) mass is 324 g/mol. The van der Waals surface area contributed by atoms with Crippen LogP contribution in [0.2, 0.25) is 0 Å². The van der Waals surface area contributed by atoms with Gasteiger partial charge in [-0.3, -0.25) is 9.59 Å². The Balaban J connectivity index is 1.94. The number of hydrogen-bond acceptors (Lipinski definition) is 4. The van der Waals surface area contributed by atoms with Gasteiger partial charge in [0.1, 0.15) is 11.8 Å². The Labute approximate surface area is 135 Å². The van der Waals surface area contributed by atoms with Crippen LogP contribution in [0.15, 0.2) is 22.8 Å². The molecule has 22 heavy (non-hydrogen) atoms. The summed E-state index contributed by atoms with van der Waals surface area (Å²) >= 11 is 1.62. The molecular weight excluding hydrogens is 300 g/mol. The topological polar surface area (TPSA) is 62.6 Å². The Hall–Kier alpha value is -1.43. The van der Waals surface area contributed by atoms with E-state index < -0.39 is 5.41 Å². The number of amides is 2. The summed E-state index contributed by atoms with van der Waals surface area (Å²) < 4.78 is 5.30. The second-order valence-electron chi connectivity index (χ2n) is 6.73. The van der Waals surface area contributed by atoms with Gasteiger partial charge in [-0.15, -0.1) is 11.8 Å². The van der Waals surface area contributed by atoms with E-state index in [1.165, 1.54) is 0 Å². The van der Waals surface area contributed by atoms with Crippen molar-refractivity contribution in [3.8, 4) is 0 Å². The van der Waals surface area contributed by atoms with E-state index in [9.17, 15) is 9.59 Å². The Kier molecular flexibility index (Phi) is 5.21. The van der Waals surface area contributed by atoms with Gasteiger partial charge in [-0.25, -0.2) is 0 Å². The second kappa shape index (κ2) is 6.77. The lowest BCUT2D eigenvalue weighted by Crippen LogP contribution is -2.52. The minimum absolute atomic E-state index is 0.0244. The molecule has 0 radical (unpaired) electrons. The zero-order chi connectivity index (χ0) is 16.3. The van der Waals surface area contributed by atoms with Crippen molar-refractivity contribution in [1.29, 1.82) is 0 Å². The van der Waals surface area contributed by atoms with E-state index in [-0.39, 0.29) is 23.9 Å². The maximum atomic E-state index is 12.5. The fraction of sp³-hybridized carbons (Fsp3) is 0.625. The summed E-state index contributed by atoms with van der Waals surface area (Å²) in [5, 5.41) is 2.99. The van der Waals surface area contributed by atoms with Gasteiger partial charge in [0.15, 0.2) is 0 Å². The molecule has 1 N–H and O–H groups in total. The molecular formula is C16H24N2O3S. The fourth-order valence-electron chi connectivity index (χ4n) is 2.41. The summed E-state index contributed by atoms with van der Waals surface area (Å²) in [6.45, 7) is 7.59. The van der Waals surface area contributed by atoms with E-state index >= 15 is 0 Å². The highest BCUT2D eigenvalue weighted by molar-refractivity contribution is 7.99. The molecule has 1 aliphatic rings. The normalized spacial score (nSPS) is 20.0. The van der Waals surface area contributed by atoms with Crippen LogP contribution in [0, 0.1) is 5.41 Å². The van der Waals surface area contributed by atoms with Gasteiger partial charge in [-0.05, 0) is 19.1 Å². The summed E-state index contributed by atoms with van der Waals surface area (Å²) in [6.07, 6.45) is 2.27. The van der Waals surface area contributed by atoms with Gasteiger partial charge in [0.05, 0.1) is 12.1 Å². The maximum absolute atomic E-state index is 12.5. The number of thioether (sulfide) groups is 1. The Morgan fingerprint density at radius 2 is 2.23 bits per heavy atom. The van der Waals surface area contributed by atoms with Gasteiger partial charge in [-0.1, -0.05) is 20.8 Å². The number of carbonyl (C=O) groups excluding carboxylic acids is 2. The minimum atomic E-state index is -0.469. The molecule has 5 nitrogen and oxygen atoms in total. The average molecular weight is 324 g/mol. The lowest BCUT2D eigenvalue weighted by atomic mass is 9.94. The summed E-state index contributed by atoms with van der Waals surface area (Å²) in [7, 11) is 0. The molecule has 2 rings (SSSR count). The number of rotatable bonds is 4. The third-order valence-electron chi connectivity index (χ3n) is 3.56. The molecule has 0 saturated carbocycles. The molecule has 2 atom stereocenters. The van der Waals surface area contributed by atoms with Crippen LogP contribution in [0.5, 0.6) is 0 Å². The molecule has 0 bridgehead atoms. The summed E-state index contributed by atoms with van der Waals surface area (Å²) in [6, 6.07) is 3.32. The molecule has 0 spiro atoms. The Morgan fingerprint density at radius 3 is 2.82 bits per heavy atom. The number of carbonyl (C=O) groups is 2. The molecule has 1 aromatic rings. The molecule has 0 aromatic carbocycles. The van der Waals surface area contributed by atoms with Gasteiger partial charge < -0.3 is 14.6 Å². The molecule has 122 valence electrons. The highest BCUT2D eigenvalue weighted by Crippen LogP contribution is 2.27. The lowest BCUT2D eigenvalue weighted by molar-refractivity contribution is -0.144. The van der Waals surface area contributed by atoms with Crippen molar-refractivity contribution in [2.24, 2.45) is 5.41 Å². The molecule has 2 heterocycles. The Bertz CT molecular complexity index is 522. The van der Waals surface area contributed by atoms with Gasteiger partial charge in [0.25, 0.3) is 0 Å². The molecule has 0 aliphatic carbocycles. The van der Waals surface area contributed by atoms with Crippen molar-refractivity contribution in [3.63, 3.8) is 0 Å². The van der Waals surface area contributed by atoms with Crippen molar-refractivity contribution in [1.82, 2.24) is 10.2 Å². The first-order valence-electron chi connectivity index (χ1n) is 7.50. The van der Waals surface area contributed by atoms with Crippen molar-refractivity contribution < 1.29 is 14.0 Å². The first kappa shape index (κ1) is 16.9. The highest BCUT2D eigenvalue weighted by Gasteiger charge is 2.39. The molecule has 2 amide bonds. The van der Waals surface area contributed by atoms with E-state index in [1.54, 1.807) is 22.9 Å². The molecule has 1 aromatic heterocycles. The van der Waals surface area contributed by atoms with E-state index in [4.69, 9.17) is 4.42 Å². The summed E-state index contributed by atoms with van der Waals surface area (Å²) in [4.78, 5) is 26.6. The van der Waals surface area contributed by atoms with Crippen LogP contribution in [0.1, 0.15) is 33.5 Å². The number of furan rings is 1. The van der Waals surface area contributed by atoms with Crippen molar-refractivity contribution in [2.45, 2.75) is 46.2 Å². The number of hydrogen-bond donors (Lipinski definition) is 1. The largest absolute Gasteiger partial charge is 0.469 e. The Morgan fingerprint density at radius 1 is 1.50 bits per heavy atom. The quantitative estimate of drug-likeness (QED) is 0.923. The number of nitrogens with one attached hydrogen (secondary N) is 1. The van der Waals surface area contributed by atoms with E-state index in [0.717, 1.165) is 5.76 Å². The van der Waals surface area contributed by atoms with Gasteiger partial charge >= 0.3 is 0 Å². The molecule has 1 fully saturated rings. The van der Waals surface area contributed by atoms with Crippen LogP contribution >= 0.6 is 11.8 Å². The summed E-state index contributed by atoms with van der Waals surface area (Å²) in [5.41, 5.74) is -0.469. The average Bonchev–Trinajstić information content (AvgIpc) is 3.06. The van der Waals surface area contributed by atoms with E-state index in [1.807, 2.05) is 39.8 Å². The SMILES string of the molecule is C[C@H](Cc1ccco1)NC(=O)[C@H]1CSCN1C(=O)C(C)(C)C. The van der Waals surface area contributed by atoms with Crippen LogP contribution < -0.4 is 5.32 Å². The van der Waals surface area contributed by atoms with E-state index in [2.05, 4.69) is 5.32 Å². The predicted octanol–water partition coefficient (Wildman–Crippen LogP) is 2.27. The molecule has 6 heteroatoms. The van der Waals surface area contributed by atoms with Crippen molar-refractivity contribution >= 4 is 23.6 Å². The standard InChI is InChI=1S/C16H24N2O3S/c1-11(8-12-6-5-7-21-12)17-14(19)13-9-22-10-18(13)15(20)16(2,3)4/h5-7,11,13H,8-10H2,1-4H3,(H,17,19)/t11-,13-/m1/s1. The molecule has 1 aliphatic heterocycles. The van der Waals surface area contributed by atoms with Gasteiger partial charge in [0.2, 0.25) is 11.8 Å². The van der Waals surface area contributed by atoms with E-state index in [0.29, 0.717) is 18.1 Å². The zero-order valence-corrected chi connectivity index (χ0v) is 14.4. The maximum Gasteiger partial charge on any atom is 0.243 e. The third-order valence-corrected chi connectivity index (χ3v) is 4.58. The third kappa shape index (κ3) is 4.06.